The maximum atomic E-state index is 12.1. The van der Waals surface area contributed by atoms with Crippen LogP contribution in [-0.2, 0) is 0 Å². The minimum absolute atomic E-state index is 0.0288. The number of ketones is 1. The smallest absolute Gasteiger partial charge is 0.270 e. The van der Waals surface area contributed by atoms with Gasteiger partial charge in [0.1, 0.15) is 4.83 Å². The highest BCUT2D eigenvalue weighted by Crippen LogP contribution is 2.20. The Labute approximate surface area is 137 Å². The molecule has 0 bridgehead atoms. The highest BCUT2D eigenvalue weighted by Gasteiger charge is 2.13. The molecule has 0 aliphatic heterocycles. The van der Waals surface area contributed by atoms with E-state index < -0.39 is 4.92 Å². The number of nitro benzene ring substituents is 1. The number of nitro groups is 1. The number of thiophene rings is 1. The third-order valence-electron chi connectivity index (χ3n) is 3.03. The average Bonchev–Trinajstić information content (AvgIpc) is 3.02. The first-order valence-corrected chi connectivity index (χ1v) is 8.29. The lowest BCUT2D eigenvalue weighted by Gasteiger charge is -2.01. The molecule has 0 aliphatic carbocycles. The molecule has 0 aliphatic rings. The minimum Gasteiger partial charge on any atom is -0.301 e. The van der Waals surface area contributed by atoms with Gasteiger partial charge in [0, 0.05) is 17.7 Å². The number of rotatable bonds is 5. The van der Waals surface area contributed by atoms with Crippen molar-refractivity contribution < 1.29 is 9.72 Å². The van der Waals surface area contributed by atoms with Crippen molar-refractivity contribution in [1.29, 1.82) is 0 Å². The van der Waals surface area contributed by atoms with E-state index in [9.17, 15) is 19.7 Å². The van der Waals surface area contributed by atoms with Crippen molar-refractivity contribution in [3.63, 3.8) is 0 Å². The van der Waals surface area contributed by atoms with Crippen LogP contribution in [0.1, 0.15) is 10.4 Å². The molecule has 0 saturated heterocycles. The molecule has 0 fully saturated rings. The molecule has 0 radical (unpaired) electrons. The lowest BCUT2D eigenvalue weighted by molar-refractivity contribution is -0.384. The highest BCUT2D eigenvalue weighted by molar-refractivity contribution is 7.99. The Balaban J connectivity index is 1.76. The summed E-state index contributed by atoms with van der Waals surface area (Å²) in [6, 6.07) is 7.24. The van der Waals surface area contributed by atoms with E-state index in [0.717, 1.165) is 11.8 Å². The van der Waals surface area contributed by atoms with Crippen molar-refractivity contribution >= 4 is 44.8 Å². The van der Waals surface area contributed by atoms with E-state index >= 15 is 0 Å². The van der Waals surface area contributed by atoms with E-state index in [2.05, 4.69) is 9.97 Å². The van der Waals surface area contributed by atoms with Gasteiger partial charge in [0.05, 0.1) is 16.1 Å². The molecule has 0 atom stereocenters. The fraction of sp³-hybridized carbons (Fsp3) is 0.0714. The van der Waals surface area contributed by atoms with Crippen LogP contribution >= 0.6 is 23.1 Å². The summed E-state index contributed by atoms with van der Waals surface area (Å²) in [4.78, 5) is 41.6. The minimum atomic E-state index is -0.548. The van der Waals surface area contributed by atoms with Gasteiger partial charge in [-0.25, -0.2) is 4.98 Å². The number of aromatic nitrogens is 2. The second-order valence-corrected chi connectivity index (χ2v) is 6.39. The molecule has 3 aromatic rings. The average molecular weight is 347 g/mol. The van der Waals surface area contributed by atoms with Crippen molar-refractivity contribution in [3.8, 4) is 0 Å². The van der Waals surface area contributed by atoms with Gasteiger partial charge >= 0.3 is 0 Å². The fourth-order valence-corrected chi connectivity index (χ4v) is 3.50. The van der Waals surface area contributed by atoms with Gasteiger partial charge in [-0.05, 0) is 11.4 Å². The van der Waals surface area contributed by atoms with Crippen LogP contribution < -0.4 is 5.56 Å². The number of carbonyl (C=O) groups excluding carboxylic acids is 1. The largest absolute Gasteiger partial charge is 0.301 e. The van der Waals surface area contributed by atoms with E-state index in [0.29, 0.717) is 15.4 Å². The normalized spacial score (nSPS) is 10.8. The standard InChI is InChI=1S/C14H9N3O4S2/c18-11(8-2-1-3-9(6-8)17(20)21)7-23-14-15-12(19)10-4-5-22-13(10)16-14/h1-6H,7H2,(H,15,16,19). The maximum Gasteiger partial charge on any atom is 0.270 e. The molecule has 2 heterocycles. The molecule has 3 rings (SSSR count). The van der Waals surface area contributed by atoms with Gasteiger partial charge in [-0.3, -0.25) is 19.7 Å². The first-order valence-electron chi connectivity index (χ1n) is 6.42. The van der Waals surface area contributed by atoms with E-state index in [1.54, 1.807) is 11.4 Å². The Morgan fingerprint density at radius 1 is 1.39 bits per heavy atom. The van der Waals surface area contributed by atoms with Gasteiger partial charge in [-0.1, -0.05) is 23.9 Å². The third kappa shape index (κ3) is 3.30. The number of fused-ring (bicyclic) bond motifs is 1. The topological polar surface area (TPSA) is 106 Å². The third-order valence-corrected chi connectivity index (χ3v) is 4.71. The number of aromatic amines is 1. The Morgan fingerprint density at radius 2 is 2.22 bits per heavy atom. The molecular formula is C14H9N3O4S2. The summed E-state index contributed by atoms with van der Waals surface area (Å²) in [5.74, 6) is -0.242. The molecular weight excluding hydrogens is 338 g/mol. The number of hydrogen-bond acceptors (Lipinski definition) is 7. The predicted octanol–water partition coefficient (Wildman–Crippen LogP) is 2.87. The molecule has 1 N–H and O–H groups in total. The molecule has 0 saturated carbocycles. The zero-order chi connectivity index (χ0) is 16.4. The Morgan fingerprint density at radius 3 is 3.00 bits per heavy atom. The molecule has 2 aromatic heterocycles. The first kappa shape index (κ1) is 15.4. The van der Waals surface area contributed by atoms with Crippen molar-refractivity contribution in [2.45, 2.75) is 5.16 Å². The summed E-state index contributed by atoms with van der Waals surface area (Å²) >= 11 is 2.44. The van der Waals surface area contributed by atoms with E-state index in [1.165, 1.54) is 35.6 Å². The maximum absolute atomic E-state index is 12.1. The molecule has 0 spiro atoms. The van der Waals surface area contributed by atoms with Crippen LogP contribution in [0.4, 0.5) is 5.69 Å². The molecule has 7 nitrogen and oxygen atoms in total. The molecule has 9 heteroatoms. The van der Waals surface area contributed by atoms with Crippen LogP contribution in [0.2, 0.25) is 0 Å². The second-order valence-electron chi connectivity index (χ2n) is 4.53. The number of Topliss-reactive ketones (excluding diaryl/α,β-unsaturated/α-hetero) is 1. The summed E-state index contributed by atoms with van der Waals surface area (Å²) in [7, 11) is 0. The number of non-ortho nitro benzene ring substituents is 1. The van der Waals surface area contributed by atoms with Gasteiger partial charge < -0.3 is 4.98 Å². The number of thioether (sulfide) groups is 1. The van der Waals surface area contributed by atoms with Gasteiger partial charge in [-0.2, -0.15) is 0 Å². The number of benzene rings is 1. The number of carbonyl (C=O) groups is 1. The molecule has 1 aromatic carbocycles. The van der Waals surface area contributed by atoms with Crippen LogP contribution in [0.15, 0.2) is 45.7 Å². The van der Waals surface area contributed by atoms with E-state index in [-0.39, 0.29) is 28.3 Å². The molecule has 23 heavy (non-hydrogen) atoms. The van der Waals surface area contributed by atoms with E-state index in [4.69, 9.17) is 0 Å². The summed E-state index contributed by atoms with van der Waals surface area (Å²) in [5.41, 5.74) is -0.125. The Kier molecular flexibility index (Phi) is 4.22. The molecule has 0 amide bonds. The summed E-state index contributed by atoms with van der Waals surface area (Å²) < 4.78 is 0. The van der Waals surface area contributed by atoms with Gasteiger partial charge in [0.15, 0.2) is 10.9 Å². The van der Waals surface area contributed by atoms with Crippen molar-refractivity contribution in [2.75, 3.05) is 5.75 Å². The number of nitrogens with one attached hydrogen (secondary N) is 1. The predicted molar refractivity (Wildman–Crippen MR) is 88.4 cm³/mol. The van der Waals surface area contributed by atoms with Crippen molar-refractivity contribution in [1.82, 2.24) is 9.97 Å². The van der Waals surface area contributed by atoms with Gasteiger partial charge in [0.2, 0.25) is 0 Å². The monoisotopic (exact) mass is 347 g/mol. The van der Waals surface area contributed by atoms with Crippen molar-refractivity contribution in [3.05, 3.63) is 61.7 Å². The SMILES string of the molecule is O=C(CSc1nc2sccc2c(=O)[nH]1)c1cccc([N+](=O)[O-])c1. The summed E-state index contributed by atoms with van der Waals surface area (Å²) in [6.45, 7) is 0. The lowest BCUT2D eigenvalue weighted by atomic mass is 10.1. The molecule has 0 unspecified atom stereocenters. The Hall–Kier alpha value is -2.52. The highest BCUT2D eigenvalue weighted by atomic mass is 32.2. The second kappa shape index (κ2) is 6.31. The number of H-pyrrole nitrogens is 1. The molecule has 116 valence electrons. The van der Waals surface area contributed by atoms with E-state index in [1.807, 2.05) is 0 Å². The van der Waals surface area contributed by atoms with Crippen LogP contribution in [0.5, 0.6) is 0 Å². The van der Waals surface area contributed by atoms with Gasteiger partial charge in [-0.15, -0.1) is 11.3 Å². The van der Waals surface area contributed by atoms with Crippen LogP contribution in [0, 0.1) is 10.1 Å². The van der Waals surface area contributed by atoms with Crippen LogP contribution in [-0.4, -0.2) is 26.4 Å². The van der Waals surface area contributed by atoms with Crippen LogP contribution in [0.3, 0.4) is 0 Å². The lowest BCUT2D eigenvalue weighted by Crippen LogP contribution is -2.09. The Bertz CT molecular complexity index is 964. The summed E-state index contributed by atoms with van der Waals surface area (Å²) in [5, 5.41) is 13.4. The van der Waals surface area contributed by atoms with Crippen LogP contribution in [0.25, 0.3) is 10.2 Å². The zero-order valence-electron chi connectivity index (χ0n) is 11.5. The zero-order valence-corrected chi connectivity index (χ0v) is 13.1. The fourth-order valence-electron chi connectivity index (χ4n) is 1.92. The van der Waals surface area contributed by atoms with Crippen molar-refractivity contribution in [2.24, 2.45) is 0 Å². The summed E-state index contributed by atoms with van der Waals surface area (Å²) in [6.07, 6.45) is 0. The quantitative estimate of drug-likeness (QED) is 0.250. The number of hydrogen-bond donors (Lipinski definition) is 1. The van der Waals surface area contributed by atoms with Gasteiger partial charge in [0.25, 0.3) is 11.2 Å². The number of nitrogens with zero attached hydrogens (tertiary/aromatic N) is 2. The first-order chi connectivity index (χ1) is 11.0.